The van der Waals surface area contributed by atoms with Gasteiger partial charge in [-0.2, -0.15) is 0 Å². The molecule has 0 fully saturated rings. The Kier molecular flexibility index (Phi) is 2.98. The number of amidine groups is 1. The van der Waals surface area contributed by atoms with E-state index in [0.717, 1.165) is 0 Å². The van der Waals surface area contributed by atoms with E-state index >= 15 is 0 Å². The molecule has 5 N–H and O–H groups in total. The lowest BCUT2D eigenvalue weighted by Gasteiger charge is -2.05. The summed E-state index contributed by atoms with van der Waals surface area (Å²) in [6, 6.07) is 2.49. The van der Waals surface area contributed by atoms with Gasteiger partial charge in [-0.3, -0.25) is 0 Å². The maximum Gasteiger partial charge on any atom is 0.173 e. The molecule has 6 heteroatoms. The van der Waals surface area contributed by atoms with Gasteiger partial charge in [0.15, 0.2) is 17.5 Å². The van der Waals surface area contributed by atoms with Gasteiger partial charge >= 0.3 is 0 Å². The molecule has 0 aliphatic rings. The minimum atomic E-state index is -1.16. The molecule has 1 rings (SSSR count). The summed E-state index contributed by atoms with van der Waals surface area (Å²) in [5, 5.41) is 10.9. The van der Waals surface area contributed by atoms with Crippen molar-refractivity contribution in [2.24, 2.45) is 16.6 Å². The average Bonchev–Trinajstić information content (AvgIpc) is 2.21. The summed E-state index contributed by atoms with van der Waals surface area (Å²) in [6.45, 7) is -0.112. The third-order valence-electron chi connectivity index (χ3n) is 1.77. The van der Waals surface area contributed by atoms with E-state index in [0.29, 0.717) is 0 Å². The van der Waals surface area contributed by atoms with Crippen LogP contribution >= 0.6 is 0 Å². The van der Waals surface area contributed by atoms with Gasteiger partial charge in [0.1, 0.15) is 0 Å². The predicted octanol–water partition coefficient (Wildman–Crippen LogP) is 0.518. The Morgan fingerprint density at radius 1 is 1.36 bits per heavy atom. The highest BCUT2D eigenvalue weighted by atomic mass is 19.2. The molecule has 0 aliphatic carbocycles. The van der Waals surface area contributed by atoms with Crippen molar-refractivity contribution < 1.29 is 14.0 Å². The Bertz CT molecular complexity index is 379. The van der Waals surface area contributed by atoms with Gasteiger partial charge in [-0.15, -0.1) is 0 Å². The average molecular weight is 201 g/mol. The van der Waals surface area contributed by atoms with Crippen molar-refractivity contribution in [3.63, 3.8) is 0 Å². The van der Waals surface area contributed by atoms with Gasteiger partial charge in [0.25, 0.3) is 0 Å². The molecule has 0 spiro atoms. The van der Waals surface area contributed by atoms with Gasteiger partial charge in [-0.05, 0) is 6.07 Å². The number of halogens is 2. The molecular weight excluding hydrogens is 192 g/mol. The van der Waals surface area contributed by atoms with Crippen LogP contribution < -0.4 is 11.5 Å². The quantitative estimate of drug-likeness (QED) is 0.282. The van der Waals surface area contributed by atoms with Gasteiger partial charge in [-0.25, -0.2) is 8.78 Å². The van der Waals surface area contributed by atoms with E-state index in [4.69, 9.17) is 16.7 Å². The molecule has 0 atom stereocenters. The van der Waals surface area contributed by atoms with E-state index in [1.165, 1.54) is 12.1 Å². The lowest BCUT2D eigenvalue weighted by Crippen LogP contribution is -2.17. The monoisotopic (exact) mass is 201 g/mol. The summed E-state index contributed by atoms with van der Waals surface area (Å²) >= 11 is 0. The normalized spacial score (nSPS) is 11.8. The second-order valence-corrected chi connectivity index (χ2v) is 2.59. The first kappa shape index (κ1) is 10.4. The van der Waals surface area contributed by atoms with E-state index in [1.807, 2.05) is 0 Å². The highest BCUT2D eigenvalue weighted by Crippen LogP contribution is 2.15. The summed E-state index contributed by atoms with van der Waals surface area (Å²) in [7, 11) is 0. The van der Waals surface area contributed by atoms with Gasteiger partial charge in [0, 0.05) is 12.1 Å². The lowest BCUT2D eigenvalue weighted by molar-refractivity contribution is 0.318. The maximum atomic E-state index is 13.2. The maximum absolute atomic E-state index is 13.2. The Morgan fingerprint density at radius 3 is 2.50 bits per heavy atom. The van der Waals surface area contributed by atoms with Crippen molar-refractivity contribution in [3.05, 3.63) is 34.9 Å². The molecule has 4 nitrogen and oxygen atoms in total. The van der Waals surface area contributed by atoms with E-state index in [9.17, 15) is 8.78 Å². The SMILES string of the molecule is NCc1ccc(/C(N)=N/O)c(F)c1F. The largest absolute Gasteiger partial charge is 0.409 e. The molecule has 0 saturated carbocycles. The van der Waals surface area contributed by atoms with E-state index in [1.54, 1.807) is 0 Å². The van der Waals surface area contributed by atoms with Crippen molar-refractivity contribution in [2.45, 2.75) is 6.54 Å². The Hall–Kier alpha value is -1.69. The molecule has 1 aromatic carbocycles. The molecule has 76 valence electrons. The van der Waals surface area contributed by atoms with Crippen molar-refractivity contribution in [1.82, 2.24) is 0 Å². The molecule has 0 unspecified atom stereocenters. The van der Waals surface area contributed by atoms with Crippen molar-refractivity contribution in [1.29, 1.82) is 0 Å². The Balaban J connectivity index is 3.31. The van der Waals surface area contributed by atoms with E-state index in [2.05, 4.69) is 5.16 Å². The zero-order valence-electron chi connectivity index (χ0n) is 7.17. The minimum absolute atomic E-state index is 0.0389. The Labute approximate surface area is 78.8 Å². The number of rotatable bonds is 2. The highest BCUT2D eigenvalue weighted by Gasteiger charge is 2.14. The topological polar surface area (TPSA) is 84.6 Å². The third-order valence-corrected chi connectivity index (χ3v) is 1.77. The standard InChI is InChI=1S/C8H9F2N3O/c9-6-4(3-11)1-2-5(7(6)10)8(12)13-14/h1-2,14H,3,11H2,(H2,12,13). The molecule has 0 aromatic heterocycles. The fourth-order valence-corrected chi connectivity index (χ4v) is 0.999. The number of oxime groups is 1. The van der Waals surface area contributed by atoms with Crippen LogP contribution in [0.2, 0.25) is 0 Å². The van der Waals surface area contributed by atoms with Crippen molar-refractivity contribution in [3.8, 4) is 0 Å². The van der Waals surface area contributed by atoms with Crippen molar-refractivity contribution in [2.75, 3.05) is 0 Å². The minimum Gasteiger partial charge on any atom is -0.409 e. The first-order valence-electron chi connectivity index (χ1n) is 3.76. The second kappa shape index (κ2) is 4.01. The van der Waals surface area contributed by atoms with Crippen LogP contribution in [0, 0.1) is 11.6 Å². The number of nitrogens with zero attached hydrogens (tertiary/aromatic N) is 1. The molecule has 0 radical (unpaired) electrons. The number of hydrogen-bond donors (Lipinski definition) is 3. The fourth-order valence-electron chi connectivity index (χ4n) is 0.999. The summed E-state index contributed by atoms with van der Waals surface area (Å²) in [5.74, 6) is -2.72. The van der Waals surface area contributed by atoms with Crippen LogP contribution in [-0.2, 0) is 6.54 Å². The first-order chi connectivity index (χ1) is 6.61. The van der Waals surface area contributed by atoms with Crippen LogP contribution in [0.5, 0.6) is 0 Å². The molecule has 0 aliphatic heterocycles. The van der Waals surface area contributed by atoms with Crippen LogP contribution in [0.3, 0.4) is 0 Å². The predicted molar refractivity (Wildman–Crippen MR) is 46.8 cm³/mol. The van der Waals surface area contributed by atoms with Crippen LogP contribution in [0.1, 0.15) is 11.1 Å². The summed E-state index contributed by atoms with van der Waals surface area (Å²) in [5.41, 5.74) is 10.0. The second-order valence-electron chi connectivity index (χ2n) is 2.59. The number of hydrogen-bond acceptors (Lipinski definition) is 3. The van der Waals surface area contributed by atoms with Crippen molar-refractivity contribution >= 4 is 5.84 Å². The summed E-state index contributed by atoms with van der Waals surface area (Å²) in [6.07, 6.45) is 0. The van der Waals surface area contributed by atoms with Crippen LogP contribution in [0.15, 0.2) is 17.3 Å². The molecule has 0 heterocycles. The zero-order valence-corrected chi connectivity index (χ0v) is 7.17. The molecular formula is C8H9F2N3O. The van der Waals surface area contributed by atoms with Crippen LogP contribution in [0.25, 0.3) is 0 Å². The lowest BCUT2D eigenvalue weighted by atomic mass is 10.1. The molecule has 0 bridgehead atoms. The Morgan fingerprint density at radius 2 is 2.00 bits per heavy atom. The number of nitrogens with two attached hydrogens (primary N) is 2. The van der Waals surface area contributed by atoms with E-state index < -0.39 is 17.5 Å². The van der Waals surface area contributed by atoms with Crippen LogP contribution in [-0.4, -0.2) is 11.0 Å². The van der Waals surface area contributed by atoms with Gasteiger partial charge in [0.2, 0.25) is 0 Å². The fraction of sp³-hybridized carbons (Fsp3) is 0.125. The summed E-state index contributed by atoms with van der Waals surface area (Å²) < 4.78 is 26.3. The molecule has 0 saturated heterocycles. The zero-order chi connectivity index (χ0) is 10.7. The summed E-state index contributed by atoms with van der Waals surface area (Å²) in [4.78, 5) is 0. The smallest absolute Gasteiger partial charge is 0.173 e. The van der Waals surface area contributed by atoms with Gasteiger partial charge in [-0.1, -0.05) is 11.2 Å². The first-order valence-corrected chi connectivity index (χ1v) is 3.76. The third kappa shape index (κ3) is 1.64. The molecule has 14 heavy (non-hydrogen) atoms. The number of benzene rings is 1. The van der Waals surface area contributed by atoms with Crippen LogP contribution in [0.4, 0.5) is 8.78 Å². The molecule has 1 aromatic rings. The highest BCUT2D eigenvalue weighted by molar-refractivity contribution is 5.97. The van der Waals surface area contributed by atoms with E-state index in [-0.39, 0.29) is 17.7 Å². The van der Waals surface area contributed by atoms with Gasteiger partial charge in [0.05, 0.1) is 5.56 Å². The molecule has 0 amide bonds. The van der Waals surface area contributed by atoms with Gasteiger partial charge < -0.3 is 16.7 Å².